The number of hydrogen-bond donors (Lipinski definition) is 0. The normalized spacial score (nSPS) is 15.0. The third kappa shape index (κ3) is 2.22. The van der Waals surface area contributed by atoms with E-state index in [4.69, 9.17) is 0 Å². The number of rotatable bonds is 1. The van der Waals surface area contributed by atoms with Crippen molar-refractivity contribution >= 4 is 17.0 Å². The van der Waals surface area contributed by atoms with Crippen molar-refractivity contribution in [1.82, 2.24) is 4.57 Å². The Kier molecular flexibility index (Phi) is 3.34. The molecule has 1 heterocycles. The zero-order valence-corrected chi connectivity index (χ0v) is 15.6. The highest BCUT2D eigenvalue weighted by Crippen LogP contribution is 2.39. The molecule has 6 rings (SSSR count). The number of hydrogen-bond acceptors (Lipinski definition) is 0. The van der Waals surface area contributed by atoms with Gasteiger partial charge in [-0.1, -0.05) is 72.5 Å². The molecule has 132 valence electrons. The number of allylic oxidation sites excluding steroid dienone is 1. The Hall–Kier alpha value is -3.50. The summed E-state index contributed by atoms with van der Waals surface area (Å²) in [4.78, 5) is 0. The van der Waals surface area contributed by atoms with Crippen LogP contribution in [0.3, 0.4) is 0 Å². The Labute approximate surface area is 164 Å². The van der Waals surface area contributed by atoms with Crippen LogP contribution < -0.4 is 0 Å². The van der Waals surface area contributed by atoms with Gasteiger partial charge in [0.2, 0.25) is 0 Å². The lowest BCUT2D eigenvalue weighted by molar-refractivity contribution is 1.01. The predicted octanol–water partition coefficient (Wildman–Crippen LogP) is 6.16. The van der Waals surface area contributed by atoms with Crippen molar-refractivity contribution in [3.8, 4) is 28.7 Å². The minimum atomic E-state index is 0.780. The second kappa shape index (κ2) is 6.01. The molecule has 0 fully saturated rings. The zero-order chi connectivity index (χ0) is 18.5. The molecule has 0 spiro atoms. The summed E-state index contributed by atoms with van der Waals surface area (Å²) in [6.07, 6.45) is 7.08. The van der Waals surface area contributed by atoms with Crippen LogP contribution in [-0.2, 0) is 12.8 Å². The largest absolute Gasteiger partial charge is 0.312 e. The second-order valence-corrected chi connectivity index (χ2v) is 7.53. The van der Waals surface area contributed by atoms with E-state index in [1.165, 1.54) is 50.1 Å². The van der Waals surface area contributed by atoms with Crippen molar-refractivity contribution in [1.29, 1.82) is 0 Å². The Balaban J connectivity index is 1.64. The van der Waals surface area contributed by atoms with Gasteiger partial charge in [-0.2, -0.15) is 0 Å². The van der Waals surface area contributed by atoms with Crippen molar-refractivity contribution in [3.63, 3.8) is 0 Å². The molecule has 0 amide bonds. The summed E-state index contributed by atoms with van der Waals surface area (Å²) in [5, 5.41) is 1.30. The summed E-state index contributed by atoms with van der Waals surface area (Å²) in [5.41, 5.74) is 10.7. The molecule has 0 N–H and O–H groups in total. The lowest BCUT2D eigenvalue weighted by Gasteiger charge is -2.13. The quantitative estimate of drug-likeness (QED) is 0.316. The van der Waals surface area contributed by atoms with Gasteiger partial charge in [-0.3, -0.25) is 0 Å². The lowest BCUT2D eigenvalue weighted by atomic mass is 10.0. The molecule has 2 aliphatic carbocycles. The summed E-state index contributed by atoms with van der Waals surface area (Å²) in [6.45, 7) is 0. The maximum absolute atomic E-state index is 3.36. The first kappa shape index (κ1) is 15.5. The second-order valence-electron chi connectivity index (χ2n) is 7.53. The number of benzene rings is 3. The third-order valence-corrected chi connectivity index (χ3v) is 5.94. The summed E-state index contributed by atoms with van der Waals surface area (Å²) < 4.78 is 2.41. The first-order valence-electron chi connectivity index (χ1n) is 9.86. The van der Waals surface area contributed by atoms with Gasteiger partial charge in [-0.15, -0.1) is 0 Å². The van der Waals surface area contributed by atoms with Gasteiger partial charge >= 0.3 is 0 Å². The van der Waals surface area contributed by atoms with Gasteiger partial charge in [0, 0.05) is 28.8 Å². The van der Waals surface area contributed by atoms with E-state index < -0.39 is 0 Å². The average molecular weight is 357 g/mol. The number of fused-ring (bicyclic) bond motifs is 6. The molecule has 1 nitrogen and oxygen atoms in total. The van der Waals surface area contributed by atoms with E-state index >= 15 is 0 Å². The van der Waals surface area contributed by atoms with Crippen molar-refractivity contribution < 1.29 is 0 Å². The molecule has 3 aromatic carbocycles. The molecule has 1 aromatic heterocycles. The Morgan fingerprint density at radius 3 is 2.64 bits per heavy atom. The van der Waals surface area contributed by atoms with Gasteiger partial charge in [0.1, 0.15) is 0 Å². The number of aromatic nitrogens is 1. The molecule has 1 heteroatoms. The topological polar surface area (TPSA) is 4.93 Å². The average Bonchev–Trinajstić information content (AvgIpc) is 3.22. The molecule has 0 atom stereocenters. The number of nitrogens with zero attached hydrogens (tertiary/aromatic N) is 1. The van der Waals surface area contributed by atoms with E-state index in [-0.39, 0.29) is 0 Å². The van der Waals surface area contributed by atoms with E-state index in [2.05, 4.69) is 95.3 Å². The maximum atomic E-state index is 3.36. The van der Waals surface area contributed by atoms with Gasteiger partial charge < -0.3 is 4.57 Å². The minimum Gasteiger partial charge on any atom is -0.312 e. The van der Waals surface area contributed by atoms with E-state index in [1.807, 2.05) is 0 Å². The summed E-state index contributed by atoms with van der Waals surface area (Å²) in [6, 6.07) is 24.4. The Bertz CT molecular complexity index is 1340. The van der Waals surface area contributed by atoms with Crippen LogP contribution in [0.4, 0.5) is 0 Å². The smallest absolute Gasteiger partial charge is 0.0538 e. The van der Waals surface area contributed by atoms with E-state index in [0.29, 0.717) is 0 Å². The SMILES string of the molecule is C1#CCc2c(c3ccccc3n2-c2ccc3c(c2)-c2ccccc2C3)/C=C\C1. The molecule has 0 saturated carbocycles. The monoisotopic (exact) mass is 357 g/mol. The van der Waals surface area contributed by atoms with Crippen LogP contribution >= 0.6 is 0 Å². The van der Waals surface area contributed by atoms with Gasteiger partial charge in [-0.05, 0) is 46.9 Å². The van der Waals surface area contributed by atoms with Crippen molar-refractivity contribution in [2.75, 3.05) is 0 Å². The van der Waals surface area contributed by atoms with E-state index in [9.17, 15) is 0 Å². The van der Waals surface area contributed by atoms with Crippen LogP contribution in [0.2, 0.25) is 0 Å². The standard InChI is InChI=1S/C27H19N/c1-2-4-13-26-23(11-3-1)24-12-7-8-14-27(24)28(26)21-16-15-20-17-19-9-5-6-10-22(19)25(20)18-21/h3,5-12,14-16,18H,1,13,17H2/b11-3-. The molecule has 4 aromatic rings. The van der Waals surface area contributed by atoms with Crippen LogP contribution in [0.25, 0.3) is 33.8 Å². The van der Waals surface area contributed by atoms with Gasteiger partial charge in [0.25, 0.3) is 0 Å². The minimum absolute atomic E-state index is 0.780. The van der Waals surface area contributed by atoms with Crippen LogP contribution in [0.15, 0.2) is 72.8 Å². The zero-order valence-electron chi connectivity index (χ0n) is 15.6. The van der Waals surface area contributed by atoms with E-state index in [1.54, 1.807) is 0 Å². The van der Waals surface area contributed by atoms with Crippen molar-refractivity contribution in [2.24, 2.45) is 0 Å². The summed E-state index contributed by atoms with van der Waals surface area (Å²) >= 11 is 0. The fourth-order valence-electron chi connectivity index (χ4n) is 4.68. The van der Waals surface area contributed by atoms with E-state index in [0.717, 1.165) is 19.3 Å². The van der Waals surface area contributed by atoms with Crippen LogP contribution in [0.1, 0.15) is 28.8 Å². The van der Waals surface area contributed by atoms with Crippen LogP contribution in [-0.4, -0.2) is 4.57 Å². The summed E-state index contributed by atoms with van der Waals surface area (Å²) in [5.74, 6) is 6.62. The fourth-order valence-corrected chi connectivity index (χ4v) is 4.68. The highest BCUT2D eigenvalue weighted by atomic mass is 15.0. The third-order valence-electron chi connectivity index (χ3n) is 5.94. The molecule has 0 radical (unpaired) electrons. The summed E-state index contributed by atoms with van der Waals surface area (Å²) in [7, 11) is 0. The highest BCUT2D eigenvalue weighted by molar-refractivity contribution is 5.93. The van der Waals surface area contributed by atoms with Gasteiger partial charge in [0.05, 0.1) is 11.9 Å². The molecule has 0 saturated heterocycles. The lowest BCUT2D eigenvalue weighted by Crippen LogP contribution is -2.01. The Morgan fingerprint density at radius 1 is 0.786 bits per heavy atom. The highest BCUT2D eigenvalue weighted by Gasteiger charge is 2.21. The molecule has 0 aliphatic heterocycles. The Morgan fingerprint density at radius 2 is 1.64 bits per heavy atom. The molecule has 2 aliphatic rings. The molecule has 0 unspecified atom stereocenters. The van der Waals surface area contributed by atoms with Crippen LogP contribution in [0, 0.1) is 11.8 Å². The molecular formula is C27H19N. The molecule has 0 bridgehead atoms. The molecule has 28 heavy (non-hydrogen) atoms. The van der Waals surface area contributed by atoms with Crippen molar-refractivity contribution in [2.45, 2.75) is 19.3 Å². The van der Waals surface area contributed by atoms with Crippen LogP contribution in [0.5, 0.6) is 0 Å². The molecular weight excluding hydrogens is 338 g/mol. The number of para-hydroxylation sites is 1. The van der Waals surface area contributed by atoms with Crippen molar-refractivity contribution in [3.05, 3.63) is 95.2 Å². The first-order valence-corrected chi connectivity index (χ1v) is 9.86. The fraction of sp³-hybridized carbons (Fsp3) is 0.111. The first-order chi connectivity index (χ1) is 13.9. The maximum Gasteiger partial charge on any atom is 0.0538 e. The van der Waals surface area contributed by atoms with Gasteiger partial charge in [0.15, 0.2) is 0 Å². The van der Waals surface area contributed by atoms with Gasteiger partial charge in [-0.25, -0.2) is 0 Å². The predicted molar refractivity (Wildman–Crippen MR) is 117 cm³/mol.